The molecule has 9 heteroatoms. The number of amides is 1. The third-order valence-corrected chi connectivity index (χ3v) is 3.87. The summed E-state index contributed by atoms with van der Waals surface area (Å²) in [4.78, 5) is 12.0. The Morgan fingerprint density at radius 2 is 2.11 bits per heavy atom. The second kappa shape index (κ2) is 5.11. The third kappa shape index (κ3) is 3.10. The van der Waals surface area contributed by atoms with Gasteiger partial charge in [-0.1, -0.05) is 12.1 Å². The van der Waals surface area contributed by atoms with E-state index >= 15 is 0 Å². The van der Waals surface area contributed by atoms with Crippen LogP contribution in [-0.2, 0) is 14.8 Å². The van der Waals surface area contributed by atoms with Crippen LogP contribution in [-0.4, -0.2) is 37.7 Å². The van der Waals surface area contributed by atoms with Gasteiger partial charge in [-0.25, -0.2) is 13.6 Å². The van der Waals surface area contributed by atoms with Crippen molar-refractivity contribution in [2.24, 2.45) is 27.4 Å². The van der Waals surface area contributed by atoms with Gasteiger partial charge in [0.25, 0.3) is 0 Å². The van der Waals surface area contributed by atoms with E-state index in [0.717, 1.165) is 0 Å². The SMILES string of the molecule is CC1CC(C(=O)NCCS(N)(=O)=O)(C(N)=NO)C1. The molecule has 1 aliphatic rings. The number of oxime groups is 1. The van der Waals surface area contributed by atoms with E-state index in [1.54, 1.807) is 0 Å². The molecule has 1 amide bonds. The molecule has 0 atom stereocenters. The molecule has 1 fully saturated rings. The number of sulfonamides is 1. The molecule has 1 saturated carbocycles. The number of rotatable bonds is 5. The standard InChI is InChI=1S/C9H18N4O4S/c1-6-4-9(5-6,7(10)13-15)8(14)12-2-3-18(11,16)17/h6,15H,2-5H2,1H3,(H2,10,13)(H,12,14)(H2,11,16,17). The number of hydrogen-bond donors (Lipinski definition) is 4. The fraction of sp³-hybridized carbons (Fsp3) is 0.778. The summed E-state index contributed by atoms with van der Waals surface area (Å²) >= 11 is 0. The molecular formula is C9H18N4O4S. The maximum absolute atomic E-state index is 12.0. The Bertz CT molecular complexity index is 453. The molecule has 104 valence electrons. The van der Waals surface area contributed by atoms with E-state index < -0.39 is 21.3 Å². The first-order valence-electron chi connectivity index (χ1n) is 5.48. The minimum Gasteiger partial charge on any atom is -0.409 e. The van der Waals surface area contributed by atoms with Crippen molar-refractivity contribution >= 4 is 21.8 Å². The van der Waals surface area contributed by atoms with Gasteiger partial charge in [0.1, 0.15) is 5.41 Å². The molecule has 18 heavy (non-hydrogen) atoms. The smallest absolute Gasteiger partial charge is 0.234 e. The largest absolute Gasteiger partial charge is 0.409 e. The summed E-state index contributed by atoms with van der Waals surface area (Å²) in [7, 11) is -3.62. The molecule has 0 heterocycles. The maximum Gasteiger partial charge on any atom is 0.234 e. The fourth-order valence-corrected chi connectivity index (χ4v) is 2.60. The lowest BCUT2D eigenvalue weighted by Gasteiger charge is -2.43. The molecular weight excluding hydrogens is 260 g/mol. The Hall–Kier alpha value is -1.35. The molecule has 0 aromatic rings. The van der Waals surface area contributed by atoms with Crippen molar-refractivity contribution in [1.29, 1.82) is 0 Å². The highest BCUT2D eigenvalue weighted by Crippen LogP contribution is 2.45. The number of amidine groups is 1. The molecule has 1 aliphatic carbocycles. The van der Waals surface area contributed by atoms with E-state index in [2.05, 4.69) is 10.5 Å². The highest BCUT2D eigenvalue weighted by Gasteiger charge is 2.52. The molecule has 8 nitrogen and oxygen atoms in total. The monoisotopic (exact) mass is 278 g/mol. The van der Waals surface area contributed by atoms with Crippen LogP contribution in [0.3, 0.4) is 0 Å². The van der Waals surface area contributed by atoms with Crippen LogP contribution in [0.25, 0.3) is 0 Å². The van der Waals surface area contributed by atoms with Gasteiger partial charge < -0.3 is 16.3 Å². The van der Waals surface area contributed by atoms with Crippen LogP contribution in [0, 0.1) is 11.3 Å². The van der Waals surface area contributed by atoms with Gasteiger partial charge in [-0.2, -0.15) is 0 Å². The average Bonchev–Trinajstić information content (AvgIpc) is 2.21. The Kier molecular flexibility index (Phi) is 4.17. The van der Waals surface area contributed by atoms with E-state index in [1.165, 1.54) is 0 Å². The topological polar surface area (TPSA) is 148 Å². The van der Waals surface area contributed by atoms with E-state index in [1.807, 2.05) is 6.92 Å². The van der Waals surface area contributed by atoms with Crippen molar-refractivity contribution in [3.63, 3.8) is 0 Å². The fourth-order valence-electron chi connectivity index (χ4n) is 2.21. The quantitative estimate of drug-likeness (QED) is 0.210. The first-order valence-corrected chi connectivity index (χ1v) is 7.19. The summed E-state index contributed by atoms with van der Waals surface area (Å²) in [6, 6.07) is 0. The van der Waals surface area contributed by atoms with Crippen LogP contribution in [0.15, 0.2) is 5.16 Å². The molecule has 0 aromatic heterocycles. The second-order valence-electron chi connectivity index (χ2n) is 4.70. The number of carbonyl (C=O) groups is 1. The van der Waals surface area contributed by atoms with Crippen molar-refractivity contribution < 1.29 is 18.4 Å². The number of carbonyl (C=O) groups excluding carboxylic acids is 1. The summed E-state index contributed by atoms with van der Waals surface area (Å²) in [5, 5.41) is 18.8. The summed E-state index contributed by atoms with van der Waals surface area (Å²) in [5.41, 5.74) is 4.51. The lowest BCUT2D eigenvalue weighted by atomic mass is 9.61. The number of hydrogen-bond acceptors (Lipinski definition) is 5. The van der Waals surface area contributed by atoms with Crippen LogP contribution in [0.4, 0.5) is 0 Å². The van der Waals surface area contributed by atoms with Crippen LogP contribution < -0.4 is 16.2 Å². The van der Waals surface area contributed by atoms with Crippen molar-refractivity contribution in [2.75, 3.05) is 12.3 Å². The summed E-state index contributed by atoms with van der Waals surface area (Å²) < 4.78 is 21.5. The molecule has 0 aliphatic heterocycles. The van der Waals surface area contributed by atoms with E-state index in [-0.39, 0.29) is 18.1 Å². The van der Waals surface area contributed by atoms with E-state index in [4.69, 9.17) is 16.1 Å². The molecule has 0 unspecified atom stereocenters. The summed E-state index contributed by atoms with van der Waals surface area (Å²) in [6.45, 7) is 1.85. The van der Waals surface area contributed by atoms with E-state index in [0.29, 0.717) is 18.8 Å². The molecule has 1 rings (SSSR count). The normalized spacial score (nSPS) is 28.6. The summed E-state index contributed by atoms with van der Waals surface area (Å²) in [6.07, 6.45) is 0.953. The zero-order chi connectivity index (χ0) is 14.0. The van der Waals surface area contributed by atoms with Gasteiger partial charge in [-0.3, -0.25) is 4.79 Å². The maximum atomic E-state index is 12.0. The van der Waals surface area contributed by atoms with E-state index in [9.17, 15) is 13.2 Å². The molecule has 0 bridgehead atoms. The summed E-state index contributed by atoms with van der Waals surface area (Å²) in [5.74, 6) is -0.622. The number of nitrogens with zero attached hydrogens (tertiary/aromatic N) is 1. The highest BCUT2D eigenvalue weighted by molar-refractivity contribution is 7.89. The first kappa shape index (κ1) is 14.7. The predicted octanol–water partition coefficient (Wildman–Crippen LogP) is -1.45. The van der Waals surface area contributed by atoms with Gasteiger partial charge in [0.2, 0.25) is 15.9 Å². The predicted molar refractivity (Wildman–Crippen MR) is 65.2 cm³/mol. The van der Waals surface area contributed by atoms with Crippen LogP contribution in [0.1, 0.15) is 19.8 Å². The van der Waals surface area contributed by atoms with Gasteiger partial charge in [0, 0.05) is 6.54 Å². The molecule has 0 aromatic carbocycles. The van der Waals surface area contributed by atoms with Gasteiger partial charge >= 0.3 is 0 Å². The zero-order valence-electron chi connectivity index (χ0n) is 10.1. The van der Waals surface area contributed by atoms with Crippen LogP contribution in [0.5, 0.6) is 0 Å². The Balaban J connectivity index is 2.63. The Labute approximate surface area is 105 Å². The molecule has 0 spiro atoms. The van der Waals surface area contributed by atoms with Crippen LogP contribution in [0.2, 0.25) is 0 Å². The molecule has 0 radical (unpaired) electrons. The van der Waals surface area contributed by atoms with Crippen LogP contribution >= 0.6 is 0 Å². The van der Waals surface area contributed by atoms with Crippen molar-refractivity contribution in [1.82, 2.24) is 5.32 Å². The molecule has 0 saturated heterocycles. The molecule has 6 N–H and O–H groups in total. The lowest BCUT2D eigenvalue weighted by molar-refractivity contribution is -0.133. The van der Waals surface area contributed by atoms with Crippen molar-refractivity contribution in [3.8, 4) is 0 Å². The van der Waals surface area contributed by atoms with Gasteiger partial charge in [0.05, 0.1) is 5.75 Å². The van der Waals surface area contributed by atoms with Gasteiger partial charge in [-0.05, 0) is 18.8 Å². The first-order chi connectivity index (χ1) is 8.21. The average molecular weight is 278 g/mol. The minimum atomic E-state index is -3.62. The van der Waals surface area contributed by atoms with Gasteiger partial charge in [-0.15, -0.1) is 0 Å². The number of primary sulfonamides is 1. The Morgan fingerprint density at radius 1 is 1.56 bits per heavy atom. The number of nitrogens with two attached hydrogens (primary N) is 2. The second-order valence-corrected chi connectivity index (χ2v) is 6.44. The van der Waals surface area contributed by atoms with Crippen molar-refractivity contribution in [2.45, 2.75) is 19.8 Å². The third-order valence-electron chi connectivity index (χ3n) is 3.10. The van der Waals surface area contributed by atoms with Gasteiger partial charge in [0.15, 0.2) is 5.84 Å². The Morgan fingerprint density at radius 3 is 2.50 bits per heavy atom. The van der Waals surface area contributed by atoms with Crippen molar-refractivity contribution in [3.05, 3.63) is 0 Å². The lowest BCUT2D eigenvalue weighted by Crippen LogP contribution is -2.57. The highest BCUT2D eigenvalue weighted by atomic mass is 32.2. The minimum absolute atomic E-state index is 0.0908. The number of nitrogens with one attached hydrogen (secondary N) is 1. The zero-order valence-corrected chi connectivity index (χ0v) is 10.9.